The van der Waals surface area contributed by atoms with Gasteiger partial charge in [-0.3, -0.25) is 9.88 Å². The Balaban J connectivity index is 1.16. The van der Waals surface area contributed by atoms with Crippen molar-refractivity contribution in [1.29, 1.82) is 0 Å². The number of ether oxygens (including phenoxy) is 1. The number of furan rings is 1. The second-order valence-electron chi connectivity index (χ2n) is 8.00. The molecule has 7 heteroatoms. The number of piperidine rings is 2. The summed E-state index contributed by atoms with van der Waals surface area (Å²) in [7, 11) is 0. The summed E-state index contributed by atoms with van der Waals surface area (Å²) in [6, 6.07) is 7.75. The Kier molecular flexibility index (Phi) is 6.67. The first-order valence-electron chi connectivity index (χ1n) is 10.6. The fourth-order valence-electron chi connectivity index (χ4n) is 4.21. The van der Waals surface area contributed by atoms with Crippen LogP contribution in [-0.2, 0) is 6.54 Å². The molecule has 2 aliphatic rings. The minimum atomic E-state index is 0.0514. The minimum Gasteiger partial charge on any atom is -0.490 e. The van der Waals surface area contributed by atoms with Crippen molar-refractivity contribution in [2.24, 2.45) is 5.92 Å². The Labute approximate surface area is 172 Å². The maximum atomic E-state index is 12.6. The molecule has 2 aromatic rings. The van der Waals surface area contributed by atoms with Gasteiger partial charge in [-0.2, -0.15) is 0 Å². The number of carbonyl (C=O) groups is 1. The highest BCUT2D eigenvalue weighted by Gasteiger charge is 2.25. The van der Waals surface area contributed by atoms with Gasteiger partial charge < -0.3 is 19.4 Å². The molecule has 0 aliphatic carbocycles. The molecule has 0 saturated carbocycles. The first-order valence-corrected chi connectivity index (χ1v) is 10.6. The van der Waals surface area contributed by atoms with Crippen LogP contribution in [0, 0.1) is 5.92 Å². The van der Waals surface area contributed by atoms with Gasteiger partial charge in [0.1, 0.15) is 17.6 Å². The number of amides is 2. The van der Waals surface area contributed by atoms with Crippen LogP contribution in [0.15, 0.2) is 47.3 Å². The number of aromatic nitrogens is 1. The Bertz CT molecular complexity index is 745. The van der Waals surface area contributed by atoms with E-state index >= 15 is 0 Å². The maximum Gasteiger partial charge on any atom is 0.317 e. The van der Waals surface area contributed by atoms with Gasteiger partial charge >= 0.3 is 6.03 Å². The predicted octanol–water partition coefficient (Wildman–Crippen LogP) is 3.14. The van der Waals surface area contributed by atoms with E-state index in [-0.39, 0.29) is 12.1 Å². The second-order valence-corrected chi connectivity index (χ2v) is 8.00. The summed E-state index contributed by atoms with van der Waals surface area (Å²) < 4.78 is 11.4. The lowest BCUT2D eigenvalue weighted by atomic mass is 9.98. The summed E-state index contributed by atoms with van der Waals surface area (Å²) in [5.74, 6) is 2.35. The molecule has 4 heterocycles. The van der Waals surface area contributed by atoms with Crippen LogP contribution in [0.1, 0.15) is 31.4 Å². The highest BCUT2D eigenvalue weighted by atomic mass is 16.5. The molecule has 0 unspecified atom stereocenters. The van der Waals surface area contributed by atoms with E-state index in [2.05, 4.69) is 15.2 Å². The van der Waals surface area contributed by atoms with Gasteiger partial charge in [-0.05, 0) is 49.6 Å². The Hall–Kier alpha value is -2.54. The Morgan fingerprint density at radius 3 is 2.76 bits per heavy atom. The lowest BCUT2D eigenvalue weighted by molar-refractivity contribution is 0.108. The van der Waals surface area contributed by atoms with Gasteiger partial charge in [-0.1, -0.05) is 0 Å². The molecule has 0 bridgehead atoms. The van der Waals surface area contributed by atoms with Crippen molar-refractivity contribution in [1.82, 2.24) is 20.1 Å². The average Bonchev–Trinajstić information content (AvgIpc) is 3.27. The monoisotopic (exact) mass is 398 g/mol. The lowest BCUT2D eigenvalue weighted by Crippen LogP contribution is -2.48. The average molecular weight is 399 g/mol. The highest BCUT2D eigenvalue weighted by Crippen LogP contribution is 2.20. The van der Waals surface area contributed by atoms with Crippen LogP contribution in [0.5, 0.6) is 5.75 Å². The largest absolute Gasteiger partial charge is 0.490 e. The first kappa shape index (κ1) is 19.8. The number of urea groups is 1. The minimum absolute atomic E-state index is 0.0514. The summed E-state index contributed by atoms with van der Waals surface area (Å²) in [6.07, 6.45) is 9.40. The van der Waals surface area contributed by atoms with E-state index in [0.717, 1.165) is 70.0 Å². The van der Waals surface area contributed by atoms with Gasteiger partial charge in [0.25, 0.3) is 0 Å². The molecule has 1 atom stereocenters. The van der Waals surface area contributed by atoms with E-state index < -0.39 is 0 Å². The quantitative estimate of drug-likeness (QED) is 0.809. The van der Waals surface area contributed by atoms with E-state index in [9.17, 15) is 4.79 Å². The molecule has 0 spiro atoms. The molecule has 4 rings (SSSR count). The summed E-state index contributed by atoms with van der Waals surface area (Å²) in [4.78, 5) is 20.9. The number of rotatable bonds is 6. The smallest absolute Gasteiger partial charge is 0.317 e. The maximum absolute atomic E-state index is 12.6. The number of carbonyl (C=O) groups excluding carboxylic acids is 1. The molecule has 1 N–H and O–H groups in total. The summed E-state index contributed by atoms with van der Waals surface area (Å²) in [5.41, 5.74) is 0. The molecular formula is C22H30N4O3. The molecule has 0 radical (unpaired) electrons. The van der Waals surface area contributed by atoms with E-state index in [0.29, 0.717) is 5.92 Å². The van der Waals surface area contributed by atoms with Crippen molar-refractivity contribution >= 4 is 6.03 Å². The zero-order valence-electron chi connectivity index (χ0n) is 16.8. The molecule has 7 nitrogen and oxygen atoms in total. The fraction of sp³-hybridized carbons (Fsp3) is 0.545. The van der Waals surface area contributed by atoms with Crippen molar-refractivity contribution in [2.75, 3.05) is 32.7 Å². The highest BCUT2D eigenvalue weighted by molar-refractivity contribution is 5.74. The van der Waals surface area contributed by atoms with Crippen LogP contribution in [0.3, 0.4) is 0 Å². The van der Waals surface area contributed by atoms with E-state index in [4.69, 9.17) is 9.15 Å². The molecule has 2 aromatic heterocycles. The third kappa shape index (κ3) is 5.73. The molecule has 2 amide bonds. The van der Waals surface area contributed by atoms with Crippen LogP contribution >= 0.6 is 0 Å². The number of hydrogen-bond donors (Lipinski definition) is 1. The van der Waals surface area contributed by atoms with Gasteiger partial charge in [0.05, 0.1) is 12.8 Å². The van der Waals surface area contributed by atoms with Crippen molar-refractivity contribution in [2.45, 2.75) is 38.3 Å². The molecule has 2 saturated heterocycles. The second kappa shape index (κ2) is 9.78. The van der Waals surface area contributed by atoms with Gasteiger partial charge in [0.2, 0.25) is 0 Å². The van der Waals surface area contributed by atoms with Gasteiger partial charge in [-0.25, -0.2) is 4.79 Å². The van der Waals surface area contributed by atoms with Crippen LogP contribution < -0.4 is 10.1 Å². The van der Waals surface area contributed by atoms with Crippen molar-refractivity contribution in [3.63, 3.8) is 0 Å². The topological polar surface area (TPSA) is 70.8 Å². The van der Waals surface area contributed by atoms with Crippen LogP contribution in [-0.4, -0.2) is 59.6 Å². The number of nitrogens with zero attached hydrogens (tertiary/aromatic N) is 3. The van der Waals surface area contributed by atoms with Crippen LogP contribution in [0.2, 0.25) is 0 Å². The molecule has 2 aliphatic heterocycles. The van der Waals surface area contributed by atoms with Crippen molar-refractivity contribution in [3.8, 4) is 5.75 Å². The SMILES string of the molecule is O=C(NC[C@H]1CCCN(Cc2ccco2)C1)N1CCC(Oc2ccncc2)CC1. The van der Waals surface area contributed by atoms with E-state index in [1.54, 1.807) is 18.7 Å². The Morgan fingerprint density at radius 1 is 1.17 bits per heavy atom. The number of nitrogens with one attached hydrogen (secondary N) is 1. The molecule has 156 valence electrons. The zero-order valence-corrected chi connectivity index (χ0v) is 16.8. The Morgan fingerprint density at radius 2 is 2.00 bits per heavy atom. The van der Waals surface area contributed by atoms with E-state index in [1.165, 1.54) is 6.42 Å². The number of likely N-dealkylation sites (tertiary alicyclic amines) is 2. The van der Waals surface area contributed by atoms with Crippen molar-refractivity contribution < 1.29 is 13.9 Å². The van der Waals surface area contributed by atoms with Crippen LogP contribution in [0.25, 0.3) is 0 Å². The van der Waals surface area contributed by atoms with Gasteiger partial charge in [0, 0.05) is 51.4 Å². The molecular weight excluding hydrogens is 368 g/mol. The van der Waals surface area contributed by atoms with Gasteiger partial charge in [0.15, 0.2) is 0 Å². The summed E-state index contributed by atoms with van der Waals surface area (Å²) in [6.45, 7) is 5.15. The lowest BCUT2D eigenvalue weighted by Gasteiger charge is -2.34. The number of pyridine rings is 1. The summed E-state index contributed by atoms with van der Waals surface area (Å²) >= 11 is 0. The van der Waals surface area contributed by atoms with Crippen molar-refractivity contribution in [3.05, 3.63) is 48.7 Å². The van der Waals surface area contributed by atoms with Crippen LogP contribution in [0.4, 0.5) is 4.79 Å². The third-order valence-corrected chi connectivity index (χ3v) is 5.79. The number of hydrogen-bond acceptors (Lipinski definition) is 5. The third-order valence-electron chi connectivity index (χ3n) is 5.79. The predicted molar refractivity (Wildman–Crippen MR) is 110 cm³/mol. The zero-order chi connectivity index (χ0) is 19.9. The standard InChI is InChI=1S/C22H30N4O3/c27-22(26-12-7-20(8-13-26)29-19-5-9-23-10-6-19)24-15-18-3-1-11-25(16-18)17-21-4-2-14-28-21/h2,4-6,9-10,14,18,20H,1,3,7-8,11-13,15-17H2,(H,24,27)/t18-/m1/s1. The fourth-order valence-corrected chi connectivity index (χ4v) is 4.21. The molecule has 2 fully saturated rings. The van der Waals surface area contributed by atoms with Gasteiger partial charge in [-0.15, -0.1) is 0 Å². The van der Waals surface area contributed by atoms with E-state index in [1.807, 2.05) is 29.2 Å². The molecule has 29 heavy (non-hydrogen) atoms. The normalized spacial score (nSPS) is 21.1. The summed E-state index contributed by atoms with van der Waals surface area (Å²) in [5, 5.41) is 3.15. The molecule has 0 aromatic carbocycles. The first-order chi connectivity index (χ1) is 14.3.